The van der Waals surface area contributed by atoms with Gasteiger partial charge >= 0.3 is 0 Å². The third kappa shape index (κ3) is 6.60. The van der Waals surface area contributed by atoms with Crippen LogP contribution in [0.1, 0.15) is 52.4 Å². The average molecular weight is 338 g/mol. The number of rotatable bonds is 8. The Morgan fingerprint density at radius 2 is 2.00 bits per heavy atom. The van der Waals surface area contributed by atoms with E-state index >= 15 is 0 Å². The monoisotopic (exact) mass is 337 g/mol. The van der Waals surface area contributed by atoms with Gasteiger partial charge in [0.25, 0.3) is 0 Å². The van der Waals surface area contributed by atoms with E-state index in [1.807, 2.05) is 7.05 Å². The van der Waals surface area contributed by atoms with Crippen molar-refractivity contribution in [2.45, 2.75) is 58.4 Å². The minimum atomic E-state index is 0.768. The second kappa shape index (κ2) is 10.9. The molecule has 0 aromatic rings. The van der Waals surface area contributed by atoms with Gasteiger partial charge in [-0.1, -0.05) is 13.3 Å². The van der Waals surface area contributed by atoms with Crippen molar-refractivity contribution in [1.82, 2.24) is 20.4 Å². The largest absolute Gasteiger partial charge is 0.356 e. The molecule has 5 heteroatoms. The highest BCUT2D eigenvalue weighted by Crippen LogP contribution is 2.16. The summed E-state index contributed by atoms with van der Waals surface area (Å²) in [5, 5.41) is 7.00. The van der Waals surface area contributed by atoms with E-state index in [0.717, 1.165) is 31.0 Å². The zero-order valence-corrected chi connectivity index (χ0v) is 16.2. The molecule has 0 radical (unpaired) electrons. The van der Waals surface area contributed by atoms with E-state index in [4.69, 9.17) is 0 Å². The van der Waals surface area contributed by atoms with Gasteiger partial charge in [0.2, 0.25) is 0 Å². The fraction of sp³-hybridized carbons (Fsp3) is 0.947. The van der Waals surface area contributed by atoms with Gasteiger partial charge in [0.05, 0.1) is 0 Å². The Labute approximate surface area is 149 Å². The van der Waals surface area contributed by atoms with Crippen LogP contribution in [-0.2, 0) is 0 Å². The molecule has 2 fully saturated rings. The zero-order chi connectivity index (χ0) is 17.2. The average Bonchev–Trinajstić information content (AvgIpc) is 3.03. The third-order valence-electron chi connectivity index (χ3n) is 5.55. The van der Waals surface area contributed by atoms with E-state index < -0.39 is 0 Å². The minimum Gasteiger partial charge on any atom is -0.356 e. The molecule has 2 unspecified atom stereocenters. The molecule has 2 saturated heterocycles. The molecule has 140 valence electrons. The van der Waals surface area contributed by atoms with Gasteiger partial charge < -0.3 is 20.4 Å². The van der Waals surface area contributed by atoms with Crippen LogP contribution in [0, 0.1) is 5.92 Å². The Kier molecular flexibility index (Phi) is 8.89. The molecule has 0 aromatic carbocycles. The van der Waals surface area contributed by atoms with E-state index in [9.17, 15) is 0 Å². The van der Waals surface area contributed by atoms with Crippen LogP contribution in [0.2, 0.25) is 0 Å². The molecule has 2 atom stereocenters. The number of piperidine rings is 1. The summed E-state index contributed by atoms with van der Waals surface area (Å²) in [4.78, 5) is 9.60. The molecule has 0 aromatic heterocycles. The lowest BCUT2D eigenvalue weighted by atomic mass is 10.0. The number of guanidine groups is 1. The van der Waals surface area contributed by atoms with E-state index in [1.165, 1.54) is 71.2 Å². The number of aliphatic imine (C=N–C) groups is 1. The van der Waals surface area contributed by atoms with Crippen LogP contribution in [0.3, 0.4) is 0 Å². The summed E-state index contributed by atoms with van der Waals surface area (Å²) in [7, 11) is 1.88. The van der Waals surface area contributed by atoms with Crippen molar-refractivity contribution < 1.29 is 0 Å². The lowest BCUT2D eigenvalue weighted by Crippen LogP contribution is -2.42. The standard InChI is InChI=1S/C19H39N5/c1-4-11-23-14-9-18(16-23)15-22-19(20-3)21-10-7-13-24-12-6-5-8-17(24)2/h17-18H,4-16H2,1-3H3,(H2,20,21,22). The molecule has 0 aliphatic carbocycles. The van der Waals surface area contributed by atoms with Crippen LogP contribution in [-0.4, -0.2) is 74.7 Å². The topological polar surface area (TPSA) is 42.9 Å². The van der Waals surface area contributed by atoms with Gasteiger partial charge in [-0.2, -0.15) is 0 Å². The molecule has 2 aliphatic rings. The molecule has 0 bridgehead atoms. The summed E-state index contributed by atoms with van der Waals surface area (Å²) in [6.45, 7) is 12.9. The fourth-order valence-corrected chi connectivity index (χ4v) is 4.04. The predicted octanol–water partition coefficient (Wildman–Crippen LogP) is 2.15. The van der Waals surface area contributed by atoms with Gasteiger partial charge in [0.1, 0.15) is 0 Å². The van der Waals surface area contributed by atoms with E-state index in [1.54, 1.807) is 0 Å². The van der Waals surface area contributed by atoms with Crippen LogP contribution in [0.5, 0.6) is 0 Å². The van der Waals surface area contributed by atoms with Crippen LogP contribution >= 0.6 is 0 Å². The minimum absolute atomic E-state index is 0.768. The molecule has 0 saturated carbocycles. The van der Waals surface area contributed by atoms with E-state index in [0.29, 0.717) is 0 Å². The van der Waals surface area contributed by atoms with Crippen LogP contribution in [0.15, 0.2) is 4.99 Å². The summed E-state index contributed by atoms with van der Waals surface area (Å²) < 4.78 is 0. The molecule has 2 rings (SSSR count). The van der Waals surface area contributed by atoms with Gasteiger partial charge in [0, 0.05) is 39.3 Å². The van der Waals surface area contributed by atoms with Gasteiger partial charge in [0.15, 0.2) is 5.96 Å². The van der Waals surface area contributed by atoms with Crippen molar-refractivity contribution in [3.05, 3.63) is 0 Å². The number of hydrogen-bond donors (Lipinski definition) is 2. The lowest BCUT2D eigenvalue weighted by Gasteiger charge is -2.33. The highest BCUT2D eigenvalue weighted by Gasteiger charge is 2.21. The number of hydrogen-bond acceptors (Lipinski definition) is 3. The lowest BCUT2D eigenvalue weighted by molar-refractivity contribution is 0.159. The summed E-state index contributed by atoms with van der Waals surface area (Å²) in [6, 6.07) is 0.768. The molecule has 24 heavy (non-hydrogen) atoms. The smallest absolute Gasteiger partial charge is 0.190 e. The highest BCUT2D eigenvalue weighted by molar-refractivity contribution is 5.79. The molecular weight excluding hydrogens is 298 g/mol. The van der Waals surface area contributed by atoms with Crippen molar-refractivity contribution >= 4 is 5.96 Å². The first-order valence-corrected chi connectivity index (χ1v) is 10.1. The SMILES string of the molecule is CCCN1CCC(CNC(=NC)NCCCN2CCCCC2C)C1. The van der Waals surface area contributed by atoms with Crippen LogP contribution in [0.25, 0.3) is 0 Å². The number of nitrogens with one attached hydrogen (secondary N) is 2. The van der Waals surface area contributed by atoms with Crippen molar-refractivity contribution in [1.29, 1.82) is 0 Å². The summed E-state index contributed by atoms with van der Waals surface area (Å²) in [5.41, 5.74) is 0. The maximum absolute atomic E-state index is 4.37. The fourth-order valence-electron chi connectivity index (χ4n) is 4.04. The van der Waals surface area contributed by atoms with Crippen LogP contribution in [0.4, 0.5) is 0 Å². The first-order valence-electron chi connectivity index (χ1n) is 10.1. The van der Waals surface area contributed by atoms with Crippen molar-refractivity contribution in [2.24, 2.45) is 10.9 Å². The predicted molar refractivity (Wildman–Crippen MR) is 104 cm³/mol. The first-order chi connectivity index (χ1) is 11.7. The maximum Gasteiger partial charge on any atom is 0.190 e. The van der Waals surface area contributed by atoms with Gasteiger partial charge in [-0.15, -0.1) is 0 Å². The molecule has 2 aliphatic heterocycles. The van der Waals surface area contributed by atoms with E-state index in [2.05, 4.69) is 39.3 Å². The summed E-state index contributed by atoms with van der Waals surface area (Å²) in [5.74, 6) is 1.74. The van der Waals surface area contributed by atoms with Crippen LogP contribution < -0.4 is 10.6 Å². The second-order valence-electron chi connectivity index (χ2n) is 7.57. The first kappa shape index (κ1) is 19.5. The normalized spacial score (nSPS) is 26.7. The molecule has 2 N–H and O–H groups in total. The Morgan fingerprint density at radius 1 is 1.12 bits per heavy atom. The highest BCUT2D eigenvalue weighted by atomic mass is 15.2. The molecule has 0 amide bonds. The van der Waals surface area contributed by atoms with Gasteiger partial charge in [-0.3, -0.25) is 4.99 Å². The quantitative estimate of drug-likeness (QED) is 0.405. The Bertz CT molecular complexity index is 371. The second-order valence-corrected chi connectivity index (χ2v) is 7.57. The Morgan fingerprint density at radius 3 is 2.75 bits per heavy atom. The zero-order valence-electron chi connectivity index (χ0n) is 16.2. The molecule has 0 spiro atoms. The number of nitrogens with zero attached hydrogens (tertiary/aromatic N) is 3. The molecular formula is C19H39N5. The van der Waals surface area contributed by atoms with Crippen molar-refractivity contribution in [3.63, 3.8) is 0 Å². The Hall–Kier alpha value is -0.810. The van der Waals surface area contributed by atoms with Crippen molar-refractivity contribution in [2.75, 3.05) is 52.9 Å². The van der Waals surface area contributed by atoms with Gasteiger partial charge in [-0.25, -0.2) is 0 Å². The molecule has 2 heterocycles. The van der Waals surface area contributed by atoms with Gasteiger partial charge in [-0.05, 0) is 64.6 Å². The Balaban J connectivity index is 1.56. The third-order valence-corrected chi connectivity index (χ3v) is 5.55. The van der Waals surface area contributed by atoms with E-state index in [-0.39, 0.29) is 0 Å². The maximum atomic E-state index is 4.37. The van der Waals surface area contributed by atoms with Crippen molar-refractivity contribution in [3.8, 4) is 0 Å². The summed E-state index contributed by atoms with van der Waals surface area (Å²) >= 11 is 0. The summed E-state index contributed by atoms with van der Waals surface area (Å²) in [6.07, 6.45) is 7.92. The molecule has 5 nitrogen and oxygen atoms in total. The number of likely N-dealkylation sites (tertiary alicyclic amines) is 2.